The normalized spacial score (nSPS) is 13.2. The number of rotatable bonds is 5. The molecule has 1 aliphatic rings. The molecule has 1 N–H and O–H groups in total. The van der Waals surface area contributed by atoms with Crippen molar-refractivity contribution in [3.05, 3.63) is 54.1 Å². The average molecular weight is 367 g/mol. The van der Waals surface area contributed by atoms with Crippen LogP contribution < -0.4 is 9.47 Å². The summed E-state index contributed by atoms with van der Waals surface area (Å²) in [6.07, 6.45) is 0.836. The number of ketones is 1. The van der Waals surface area contributed by atoms with Gasteiger partial charge in [-0.25, -0.2) is 4.98 Å². The van der Waals surface area contributed by atoms with Crippen molar-refractivity contribution in [1.82, 2.24) is 15.2 Å². The number of hydrogen-bond acceptors (Lipinski definition) is 6. The number of thioether (sulfide) groups is 1. The molecule has 0 bridgehead atoms. The van der Waals surface area contributed by atoms with Gasteiger partial charge in [0.15, 0.2) is 23.1 Å². The van der Waals surface area contributed by atoms with Crippen LogP contribution in [0, 0.1) is 0 Å². The number of carbonyl (C=O) groups excluding carboxylic acids is 1. The Hall–Kier alpha value is -2.80. The molecule has 132 valence electrons. The third kappa shape index (κ3) is 3.72. The highest BCUT2D eigenvalue weighted by Crippen LogP contribution is 2.31. The van der Waals surface area contributed by atoms with Crippen LogP contribution in [0.15, 0.2) is 53.7 Å². The van der Waals surface area contributed by atoms with Crippen LogP contribution in [0.3, 0.4) is 0 Å². The highest BCUT2D eigenvalue weighted by atomic mass is 32.2. The predicted molar refractivity (Wildman–Crippen MR) is 98.9 cm³/mol. The molecule has 1 aliphatic heterocycles. The Morgan fingerprint density at radius 2 is 1.88 bits per heavy atom. The first-order valence-electron chi connectivity index (χ1n) is 8.33. The van der Waals surface area contributed by atoms with Crippen molar-refractivity contribution >= 4 is 17.5 Å². The van der Waals surface area contributed by atoms with Crippen LogP contribution in [0.2, 0.25) is 0 Å². The van der Waals surface area contributed by atoms with E-state index in [9.17, 15) is 4.79 Å². The fourth-order valence-electron chi connectivity index (χ4n) is 2.59. The van der Waals surface area contributed by atoms with E-state index in [1.54, 1.807) is 18.2 Å². The SMILES string of the molecule is O=C(CSc1n[nH]c(-c2ccccc2)n1)c1ccc2c(c1)OCCCO2. The Morgan fingerprint density at radius 3 is 2.73 bits per heavy atom. The van der Waals surface area contributed by atoms with E-state index < -0.39 is 0 Å². The number of aromatic nitrogens is 3. The van der Waals surface area contributed by atoms with Gasteiger partial charge in [0.1, 0.15) is 0 Å². The Morgan fingerprint density at radius 1 is 1.08 bits per heavy atom. The predicted octanol–water partition coefficient (Wildman–Crippen LogP) is 3.61. The van der Waals surface area contributed by atoms with Crippen molar-refractivity contribution in [2.45, 2.75) is 11.6 Å². The molecule has 0 saturated heterocycles. The van der Waals surface area contributed by atoms with Crippen LogP contribution in [0.1, 0.15) is 16.8 Å². The number of ether oxygens (including phenoxy) is 2. The largest absolute Gasteiger partial charge is 0.490 e. The lowest BCUT2D eigenvalue weighted by Gasteiger charge is -2.08. The standard InChI is InChI=1S/C19H17N3O3S/c23-15(14-7-8-16-17(11-14)25-10-4-9-24-16)12-26-19-20-18(21-22-19)13-5-2-1-3-6-13/h1-3,5-8,11H,4,9-10,12H2,(H,20,21,22). The number of H-pyrrole nitrogens is 1. The molecule has 4 rings (SSSR count). The van der Waals surface area contributed by atoms with Gasteiger partial charge in [-0.1, -0.05) is 42.1 Å². The zero-order chi connectivity index (χ0) is 17.8. The minimum atomic E-state index is -0.00305. The van der Waals surface area contributed by atoms with E-state index in [0.717, 1.165) is 12.0 Å². The Kier molecular flexibility index (Phi) is 4.88. The van der Waals surface area contributed by atoms with Crippen molar-refractivity contribution < 1.29 is 14.3 Å². The maximum absolute atomic E-state index is 12.5. The molecule has 3 aromatic rings. The number of Topliss-reactive ketones (excluding diaryl/α,β-unsaturated/α-hetero) is 1. The van der Waals surface area contributed by atoms with Crippen molar-refractivity contribution in [3.63, 3.8) is 0 Å². The van der Waals surface area contributed by atoms with Gasteiger partial charge in [-0.3, -0.25) is 9.89 Å². The number of nitrogens with zero attached hydrogens (tertiary/aromatic N) is 2. The van der Waals surface area contributed by atoms with E-state index >= 15 is 0 Å². The molecule has 0 radical (unpaired) electrons. The van der Waals surface area contributed by atoms with E-state index in [-0.39, 0.29) is 11.5 Å². The summed E-state index contributed by atoms with van der Waals surface area (Å²) < 4.78 is 11.2. The first-order valence-corrected chi connectivity index (χ1v) is 9.31. The van der Waals surface area contributed by atoms with Gasteiger partial charge in [0.2, 0.25) is 5.16 Å². The van der Waals surface area contributed by atoms with E-state index in [1.165, 1.54) is 11.8 Å². The molecule has 0 fully saturated rings. The lowest BCUT2D eigenvalue weighted by molar-refractivity contribution is 0.102. The molecule has 2 aromatic carbocycles. The second-order valence-electron chi connectivity index (χ2n) is 5.76. The van der Waals surface area contributed by atoms with Gasteiger partial charge in [-0.05, 0) is 18.2 Å². The molecule has 26 heavy (non-hydrogen) atoms. The second-order valence-corrected chi connectivity index (χ2v) is 6.70. The molecule has 7 heteroatoms. The van der Waals surface area contributed by atoms with E-state index in [0.29, 0.717) is 41.3 Å². The Balaban J connectivity index is 1.41. The summed E-state index contributed by atoms with van der Waals surface area (Å²) in [4.78, 5) is 16.9. The van der Waals surface area contributed by atoms with Crippen LogP contribution in [-0.2, 0) is 0 Å². The summed E-state index contributed by atoms with van der Waals surface area (Å²) in [6.45, 7) is 1.23. The minimum Gasteiger partial charge on any atom is -0.490 e. The van der Waals surface area contributed by atoms with Gasteiger partial charge in [-0.15, -0.1) is 5.10 Å². The van der Waals surface area contributed by atoms with Crippen LogP contribution >= 0.6 is 11.8 Å². The van der Waals surface area contributed by atoms with Crippen LogP contribution in [0.5, 0.6) is 11.5 Å². The van der Waals surface area contributed by atoms with Gasteiger partial charge >= 0.3 is 0 Å². The molecular formula is C19H17N3O3S. The van der Waals surface area contributed by atoms with Crippen molar-refractivity contribution in [3.8, 4) is 22.9 Å². The second kappa shape index (κ2) is 7.61. The number of carbonyl (C=O) groups is 1. The van der Waals surface area contributed by atoms with Crippen molar-refractivity contribution in [1.29, 1.82) is 0 Å². The maximum atomic E-state index is 12.5. The average Bonchev–Trinajstić information content (AvgIpc) is 3.04. The van der Waals surface area contributed by atoms with Gasteiger partial charge in [0, 0.05) is 17.5 Å². The lowest BCUT2D eigenvalue weighted by atomic mass is 10.1. The highest BCUT2D eigenvalue weighted by molar-refractivity contribution is 7.99. The smallest absolute Gasteiger partial charge is 0.209 e. The van der Waals surface area contributed by atoms with Gasteiger partial charge < -0.3 is 9.47 Å². The number of hydrogen-bond donors (Lipinski definition) is 1. The van der Waals surface area contributed by atoms with Gasteiger partial charge in [0.25, 0.3) is 0 Å². The Labute approximate surface area is 154 Å². The minimum absolute atomic E-state index is 0.00305. The number of fused-ring (bicyclic) bond motifs is 1. The molecule has 0 aliphatic carbocycles. The molecule has 2 heterocycles. The quantitative estimate of drug-likeness (QED) is 0.548. The zero-order valence-electron chi connectivity index (χ0n) is 14.0. The lowest BCUT2D eigenvalue weighted by Crippen LogP contribution is -2.03. The number of nitrogens with one attached hydrogen (secondary N) is 1. The molecule has 0 amide bonds. The topological polar surface area (TPSA) is 77.1 Å². The monoisotopic (exact) mass is 367 g/mol. The Bertz CT molecular complexity index is 911. The molecular weight excluding hydrogens is 350 g/mol. The number of benzene rings is 2. The van der Waals surface area contributed by atoms with E-state index in [2.05, 4.69) is 15.2 Å². The van der Waals surface area contributed by atoms with Gasteiger partial charge in [-0.2, -0.15) is 0 Å². The fourth-order valence-corrected chi connectivity index (χ4v) is 3.28. The molecule has 0 unspecified atom stereocenters. The third-order valence-electron chi connectivity index (χ3n) is 3.91. The maximum Gasteiger partial charge on any atom is 0.209 e. The summed E-state index contributed by atoms with van der Waals surface area (Å²) in [5.74, 6) is 2.26. The molecule has 1 aromatic heterocycles. The molecule has 6 nitrogen and oxygen atoms in total. The summed E-state index contributed by atoms with van der Waals surface area (Å²) in [5.41, 5.74) is 1.56. The zero-order valence-corrected chi connectivity index (χ0v) is 14.8. The van der Waals surface area contributed by atoms with E-state index in [1.807, 2.05) is 30.3 Å². The van der Waals surface area contributed by atoms with Crippen molar-refractivity contribution in [2.24, 2.45) is 0 Å². The molecule has 0 atom stereocenters. The molecule has 0 saturated carbocycles. The van der Waals surface area contributed by atoms with Crippen LogP contribution in [0.4, 0.5) is 0 Å². The fraction of sp³-hybridized carbons (Fsp3) is 0.211. The summed E-state index contributed by atoms with van der Waals surface area (Å²) in [5, 5.41) is 7.62. The van der Waals surface area contributed by atoms with Crippen LogP contribution in [0.25, 0.3) is 11.4 Å². The van der Waals surface area contributed by atoms with Crippen molar-refractivity contribution in [2.75, 3.05) is 19.0 Å². The summed E-state index contributed by atoms with van der Waals surface area (Å²) in [7, 11) is 0. The molecule has 0 spiro atoms. The summed E-state index contributed by atoms with van der Waals surface area (Å²) in [6, 6.07) is 15.1. The summed E-state index contributed by atoms with van der Waals surface area (Å²) >= 11 is 1.31. The van der Waals surface area contributed by atoms with E-state index in [4.69, 9.17) is 9.47 Å². The number of aromatic amines is 1. The first kappa shape index (κ1) is 16.7. The third-order valence-corrected chi connectivity index (χ3v) is 4.76. The highest BCUT2D eigenvalue weighted by Gasteiger charge is 2.15. The van der Waals surface area contributed by atoms with Gasteiger partial charge in [0.05, 0.1) is 19.0 Å². The van der Waals surface area contributed by atoms with Crippen LogP contribution in [-0.4, -0.2) is 39.9 Å². The first-order chi connectivity index (χ1) is 12.8.